The van der Waals surface area contributed by atoms with E-state index in [4.69, 9.17) is 5.73 Å². The van der Waals surface area contributed by atoms with Gasteiger partial charge < -0.3 is 21.1 Å². The predicted octanol–water partition coefficient (Wildman–Crippen LogP) is 0.456. The third-order valence-electron chi connectivity index (χ3n) is 2.66. The number of nitrogens with zero attached hydrogens (tertiary/aromatic N) is 1. The Morgan fingerprint density at radius 1 is 1.45 bits per heavy atom. The minimum Gasteiger partial charge on any atom is -0.508 e. The molecule has 0 atom stereocenters. The average molecular weight is 295 g/mol. The summed E-state index contributed by atoms with van der Waals surface area (Å²) in [6.07, 6.45) is 0. The molecule has 1 aromatic rings. The highest BCUT2D eigenvalue weighted by atomic mass is 32.1. The highest BCUT2D eigenvalue weighted by Crippen LogP contribution is 2.24. The van der Waals surface area contributed by atoms with Crippen LogP contribution < -0.4 is 16.0 Å². The zero-order valence-corrected chi connectivity index (χ0v) is 12.2. The van der Waals surface area contributed by atoms with Crippen LogP contribution in [0.4, 0.5) is 5.69 Å². The number of nitrogens with one attached hydrogen (secondary N) is 1. The largest absolute Gasteiger partial charge is 0.508 e. The lowest BCUT2D eigenvalue weighted by Crippen LogP contribution is -2.45. The van der Waals surface area contributed by atoms with E-state index in [1.165, 1.54) is 17.0 Å². The van der Waals surface area contributed by atoms with Gasteiger partial charge in [-0.2, -0.15) is 0 Å². The second-order valence-electron chi connectivity index (χ2n) is 4.17. The van der Waals surface area contributed by atoms with Gasteiger partial charge in [0.2, 0.25) is 0 Å². The Morgan fingerprint density at radius 2 is 2.10 bits per heavy atom. The van der Waals surface area contributed by atoms with E-state index in [1.807, 2.05) is 0 Å². The fourth-order valence-corrected chi connectivity index (χ4v) is 1.75. The Labute approximate surface area is 122 Å². The van der Waals surface area contributed by atoms with E-state index in [1.54, 1.807) is 19.9 Å². The number of hydrogen-bond donors (Lipinski definition) is 3. The summed E-state index contributed by atoms with van der Waals surface area (Å²) in [5.74, 6) is -1.49. The maximum atomic E-state index is 12.1. The van der Waals surface area contributed by atoms with Crippen molar-refractivity contribution in [3.05, 3.63) is 23.8 Å². The number of likely N-dealkylation sites (N-methyl/N-ethyl adjacent to an activating group) is 1. The lowest BCUT2D eigenvalue weighted by atomic mass is 10.1. The SMILES string of the molecule is CCN(C(=O)C(=O)NCC(N)=S)c1cc(O)ccc1C. The number of carbonyl (C=O) groups excluding carboxylic acids is 2. The van der Waals surface area contributed by atoms with Gasteiger partial charge in [0.15, 0.2) is 0 Å². The molecular weight excluding hydrogens is 278 g/mol. The topological polar surface area (TPSA) is 95.7 Å². The van der Waals surface area contributed by atoms with Crippen molar-refractivity contribution in [1.82, 2.24) is 5.32 Å². The number of thiocarbonyl (C=S) groups is 1. The number of rotatable bonds is 4. The Hall–Kier alpha value is -2.15. The average Bonchev–Trinajstić information content (AvgIpc) is 2.40. The van der Waals surface area contributed by atoms with E-state index in [0.717, 1.165) is 5.56 Å². The summed E-state index contributed by atoms with van der Waals surface area (Å²) in [5, 5.41) is 11.8. The summed E-state index contributed by atoms with van der Waals surface area (Å²) in [6, 6.07) is 4.63. The highest BCUT2D eigenvalue weighted by molar-refractivity contribution is 7.80. The van der Waals surface area contributed by atoms with Crippen molar-refractivity contribution in [2.45, 2.75) is 13.8 Å². The molecule has 0 bridgehead atoms. The molecule has 0 spiro atoms. The molecular formula is C13H17N3O3S. The number of phenolic OH excluding ortho intramolecular Hbond substituents is 1. The normalized spacial score (nSPS) is 9.90. The van der Waals surface area contributed by atoms with Crippen LogP contribution >= 0.6 is 12.2 Å². The molecule has 108 valence electrons. The number of phenols is 1. The molecule has 20 heavy (non-hydrogen) atoms. The molecule has 0 aromatic heterocycles. The van der Waals surface area contributed by atoms with E-state index in [9.17, 15) is 14.7 Å². The highest BCUT2D eigenvalue weighted by Gasteiger charge is 2.23. The zero-order chi connectivity index (χ0) is 15.3. The molecule has 0 saturated carbocycles. The molecule has 0 saturated heterocycles. The molecule has 0 aliphatic carbocycles. The lowest BCUT2D eigenvalue weighted by Gasteiger charge is -2.22. The van der Waals surface area contributed by atoms with E-state index < -0.39 is 11.8 Å². The van der Waals surface area contributed by atoms with Crippen LogP contribution in [0.15, 0.2) is 18.2 Å². The second-order valence-corrected chi connectivity index (χ2v) is 4.69. The molecule has 0 radical (unpaired) electrons. The van der Waals surface area contributed by atoms with Crippen molar-refractivity contribution in [2.75, 3.05) is 18.0 Å². The number of hydrogen-bond acceptors (Lipinski definition) is 4. The number of benzene rings is 1. The van der Waals surface area contributed by atoms with Gasteiger partial charge in [0.05, 0.1) is 17.2 Å². The van der Waals surface area contributed by atoms with Crippen molar-refractivity contribution in [1.29, 1.82) is 0 Å². The molecule has 1 rings (SSSR count). The molecule has 2 amide bonds. The maximum Gasteiger partial charge on any atom is 0.316 e. The third kappa shape index (κ3) is 3.92. The monoisotopic (exact) mass is 295 g/mol. The standard InChI is InChI=1S/C13H17N3O3S/c1-3-16(10-6-9(17)5-4-8(10)2)13(19)12(18)15-7-11(14)20/h4-6,17H,3,7H2,1-2H3,(H2,14,20)(H,15,18). The minimum absolute atomic E-state index is 0.0281. The van der Waals surface area contributed by atoms with Crippen molar-refractivity contribution in [3.63, 3.8) is 0 Å². The van der Waals surface area contributed by atoms with E-state index in [-0.39, 0.29) is 17.3 Å². The van der Waals surface area contributed by atoms with Crippen LogP contribution in [0.1, 0.15) is 12.5 Å². The first-order chi connectivity index (χ1) is 9.36. The molecule has 6 nitrogen and oxygen atoms in total. The van der Waals surface area contributed by atoms with Crippen LogP contribution in [0.25, 0.3) is 0 Å². The molecule has 0 heterocycles. The Bertz CT molecular complexity index is 546. The number of nitrogens with two attached hydrogens (primary N) is 1. The molecule has 1 aromatic carbocycles. The fraction of sp³-hybridized carbons (Fsp3) is 0.308. The smallest absolute Gasteiger partial charge is 0.316 e. The number of anilines is 1. The van der Waals surface area contributed by atoms with Crippen molar-refractivity contribution >= 4 is 34.7 Å². The number of aromatic hydroxyl groups is 1. The Balaban J connectivity index is 2.95. The van der Waals surface area contributed by atoms with Gasteiger partial charge in [0.25, 0.3) is 0 Å². The predicted molar refractivity (Wildman–Crippen MR) is 80.7 cm³/mol. The Kier molecular flexibility index (Phi) is 5.45. The minimum atomic E-state index is -0.789. The van der Waals surface area contributed by atoms with Gasteiger partial charge in [-0.05, 0) is 25.5 Å². The van der Waals surface area contributed by atoms with Crippen LogP contribution in [0, 0.1) is 6.92 Å². The molecule has 4 N–H and O–H groups in total. The first-order valence-corrected chi connectivity index (χ1v) is 6.45. The molecule has 0 aliphatic rings. The van der Waals surface area contributed by atoms with E-state index in [2.05, 4.69) is 17.5 Å². The molecule has 7 heteroatoms. The Morgan fingerprint density at radius 3 is 2.65 bits per heavy atom. The van der Waals surface area contributed by atoms with Gasteiger partial charge in [-0.15, -0.1) is 0 Å². The summed E-state index contributed by atoms with van der Waals surface area (Å²) in [5.41, 5.74) is 6.53. The zero-order valence-electron chi connectivity index (χ0n) is 11.3. The summed E-state index contributed by atoms with van der Waals surface area (Å²) >= 11 is 4.63. The van der Waals surface area contributed by atoms with Crippen LogP contribution in [-0.2, 0) is 9.59 Å². The van der Waals surface area contributed by atoms with Gasteiger partial charge in [0.1, 0.15) is 5.75 Å². The van der Waals surface area contributed by atoms with Gasteiger partial charge >= 0.3 is 11.8 Å². The first kappa shape index (κ1) is 15.9. The van der Waals surface area contributed by atoms with Crippen molar-refractivity contribution in [3.8, 4) is 5.75 Å². The van der Waals surface area contributed by atoms with Crippen LogP contribution in [0.3, 0.4) is 0 Å². The lowest BCUT2D eigenvalue weighted by molar-refractivity contribution is -0.137. The molecule has 0 fully saturated rings. The third-order valence-corrected chi connectivity index (χ3v) is 2.81. The summed E-state index contributed by atoms with van der Waals surface area (Å²) in [7, 11) is 0. The van der Waals surface area contributed by atoms with Crippen LogP contribution in [-0.4, -0.2) is 35.0 Å². The number of amides is 2. The maximum absolute atomic E-state index is 12.1. The van der Waals surface area contributed by atoms with E-state index in [0.29, 0.717) is 12.2 Å². The quantitative estimate of drug-likeness (QED) is 0.554. The second kappa shape index (κ2) is 6.85. The van der Waals surface area contributed by atoms with Gasteiger partial charge in [0, 0.05) is 12.6 Å². The number of carbonyl (C=O) groups is 2. The van der Waals surface area contributed by atoms with Crippen LogP contribution in [0.2, 0.25) is 0 Å². The molecule has 0 aliphatic heterocycles. The fourth-order valence-electron chi connectivity index (χ4n) is 1.68. The van der Waals surface area contributed by atoms with Gasteiger partial charge in [-0.1, -0.05) is 18.3 Å². The summed E-state index contributed by atoms with van der Waals surface area (Å²) in [6.45, 7) is 3.79. The van der Waals surface area contributed by atoms with Crippen molar-refractivity contribution < 1.29 is 14.7 Å². The van der Waals surface area contributed by atoms with Crippen LogP contribution in [0.5, 0.6) is 5.75 Å². The van der Waals surface area contributed by atoms with Gasteiger partial charge in [-0.25, -0.2) is 0 Å². The van der Waals surface area contributed by atoms with Gasteiger partial charge in [-0.3, -0.25) is 9.59 Å². The van der Waals surface area contributed by atoms with Crippen molar-refractivity contribution in [2.24, 2.45) is 5.73 Å². The molecule has 0 unspecified atom stereocenters. The first-order valence-electron chi connectivity index (χ1n) is 6.04. The summed E-state index contributed by atoms with van der Waals surface area (Å²) in [4.78, 5) is 25.2. The summed E-state index contributed by atoms with van der Waals surface area (Å²) < 4.78 is 0. The number of aryl methyl sites for hydroxylation is 1. The van der Waals surface area contributed by atoms with E-state index >= 15 is 0 Å².